The molecule has 1 unspecified atom stereocenters. The van der Waals surface area contributed by atoms with Crippen molar-refractivity contribution < 1.29 is 10.2 Å². The van der Waals surface area contributed by atoms with E-state index in [9.17, 15) is 10.2 Å². The van der Waals surface area contributed by atoms with Crippen molar-refractivity contribution in [3.8, 4) is 11.1 Å². The standard InChI is InChI=1S/C19H17ClO2/c1-12-10-14-4-2-3-5-16(14)19(18(12)17(22)11-21)13-6-8-15(20)9-7-13/h2-10,17,21-22H,11H2,1H3. The van der Waals surface area contributed by atoms with Crippen LogP contribution in [-0.2, 0) is 0 Å². The van der Waals surface area contributed by atoms with E-state index in [-0.39, 0.29) is 6.61 Å². The van der Waals surface area contributed by atoms with Gasteiger partial charge in [0.25, 0.3) is 0 Å². The van der Waals surface area contributed by atoms with Gasteiger partial charge in [0, 0.05) is 5.02 Å². The quantitative estimate of drug-likeness (QED) is 0.748. The van der Waals surface area contributed by atoms with Crippen molar-refractivity contribution in [1.29, 1.82) is 0 Å². The van der Waals surface area contributed by atoms with Gasteiger partial charge in [-0.3, -0.25) is 0 Å². The fourth-order valence-electron chi connectivity index (χ4n) is 2.95. The summed E-state index contributed by atoms with van der Waals surface area (Å²) in [6.07, 6.45) is -0.907. The maximum Gasteiger partial charge on any atom is 0.103 e. The smallest absolute Gasteiger partial charge is 0.103 e. The molecule has 112 valence electrons. The fraction of sp³-hybridized carbons (Fsp3) is 0.158. The Kier molecular flexibility index (Phi) is 4.16. The van der Waals surface area contributed by atoms with Gasteiger partial charge in [0.15, 0.2) is 0 Å². The lowest BCUT2D eigenvalue weighted by Gasteiger charge is -2.20. The molecule has 0 aliphatic rings. The van der Waals surface area contributed by atoms with Gasteiger partial charge >= 0.3 is 0 Å². The van der Waals surface area contributed by atoms with E-state index in [1.54, 1.807) is 0 Å². The summed E-state index contributed by atoms with van der Waals surface area (Å²) in [5.74, 6) is 0. The van der Waals surface area contributed by atoms with Crippen LogP contribution < -0.4 is 0 Å². The molecule has 0 fully saturated rings. The summed E-state index contributed by atoms with van der Waals surface area (Å²) in [6.45, 7) is 1.65. The number of hydrogen-bond acceptors (Lipinski definition) is 2. The minimum absolute atomic E-state index is 0.306. The van der Waals surface area contributed by atoms with Crippen LogP contribution in [0.25, 0.3) is 21.9 Å². The summed E-state index contributed by atoms with van der Waals surface area (Å²) in [5.41, 5.74) is 3.66. The van der Waals surface area contributed by atoms with Gasteiger partial charge in [-0.25, -0.2) is 0 Å². The van der Waals surface area contributed by atoms with Crippen molar-refractivity contribution >= 4 is 22.4 Å². The van der Waals surface area contributed by atoms with Gasteiger partial charge < -0.3 is 10.2 Å². The molecule has 22 heavy (non-hydrogen) atoms. The summed E-state index contributed by atoms with van der Waals surface area (Å²) in [7, 11) is 0. The van der Waals surface area contributed by atoms with E-state index in [0.717, 1.165) is 33.0 Å². The van der Waals surface area contributed by atoms with Crippen molar-refractivity contribution in [2.45, 2.75) is 13.0 Å². The molecular weight excluding hydrogens is 296 g/mol. The van der Waals surface area contributed by atoms with Crippen LogP contribution in [0.15, 0.2) is 54.6 Å². The lowest BCUT2D eigenvalue weighted by atomic mass is 9.88. The highest BCUT2D eigenvalue weighted by Gasteiger charge is 2.18. The molecule has 0 spiro atoms. The molecule has 0 aliphatic heterocycles. The number of aryl methyl sites for hydroxylation is 1. The van der Waals surface area contributed by atoms with Crippen molar-refractivity contribution in [2.24, 2.45) is 0 Å². The minimum atomic E-state index is -0.907. The summed E-state index contributed by atoms with van der Waals surface area (Å²) < 4.78 is 0. The molecule has 3 heteroatoms. The molecule has 3 aromatic rings. The van der Waals surface area contributed by atoms with Crippen molar-refractivity contribution in [1.82, 2.24) is 0 Å². The maximum atomic E-state index is 10.3. The molecule has 2 N–H and O–H groups in total. The van der Waals surface area contributed by atoms with Crippen LogP contribution in [0, 0.1) is 6.92 Å². The van der Waals surface area contributed by atoms with Gasteiger partial charge in [0.2, 0.25) is 0 Å². The SMILES string of the molecule is Cc1cc2ccccc2c(-c2ccc(Cl)cc2)c1C(O)CO. The number of fused-ring (bicyclic) bond motifs is 1. The molecule has 2 nitrogen and oxygen atoms in total. The monoisotopic (exact) mass is 312 g/mol. The Morgan fingerprint density at radius 3 is 2.41 bits per heavy atom. The van der Waals surface area contributed by atoms with Gasteiger partial charge in [-0.2, -0.15) is 0 Å². The Hall–Kier alpha value is -1.87. The van der Waals surface area contributed by atoms with Gasteiger partial charge in [-0.05, 0) is 52.1 Å². The third-order valence-corrected chi connectivity index (χ3v) is 4.19. The van der Waals surface area contributed by atoms with E-state index >= 15 is 0 Å². The average molecular weight is 313 g/mol. The Morgan fingerprint density at radius 2 is 1.73 bits per heavy atom. The number of hydrogen-bond donors (Lipinski definition) is 2. The maximum absolute atomic E-state index is 10.3. The average Bonchev–Trinajstić information content (AvgIpc) is 2.54. The van der Waals surface area contributed by atoms with E-state index in [1.807, 2.05) is 55.5 Å². The van der Waals surface area contributed by atoms with Crippen LogP contribution >= 0.6 is 11.6 Å². The van der Waals surface area contributed by atoms with Crippen LogP contribution in [0.1, 0.15) is 17.2 Å². The largest absolute Gasteiger partial charge is 0.393 e. The molecule has 3 rings (SSSR count). The molecular formula is C19H17ClO2. The van der Waals surface area contributed by atoms with Gasteiger partial charge in [0.05, 0.1) is 6.61 Å². The first-order valence-electron chi connectivity index (χ1n) is 7.19. The van der Waals surface area contributed by atoms with Gasteiger partial charge in [-0.15, -0.1) is 0 Å². The van der Waals surface area contributed by atoms with E-state index in [0.29, 0.717) is 5.02 Å². The predicted molar refractivity (Wildman–Crippen MR) is 91.2 cm³/mol. The molecule has 0 radical (unpaired) electrons. The van der Waals surface area contributed by atoms with Crippen LogP contribution in [0.3, 0.4) is 0 Å². The lowest BCUT2D eigenvalue weighted by Crippen LogP contribution is -2.07. The Bertz CT molecular complexity index is 810. The number of aliphatic hydroxyl groups excluding tert-OH is 2. The first-order valence-corrected chi connectivity index (χ1v) is 7.56. The highest BCUT2D eigenvalue weighted by molar-refractivity contribution is 6.30. The van der Waals surface area contributed by atoms with Gasteiger partial charge in [0.1, 0.15) is 6.10 Å². The predicted octanol–water partition coefficient (Wildman–Crippen LogP) is 4.49. The van der Waals surface area contributed by atoms with E-state index < -0.39 is 6.10 Å². The van der Waals surface area contributed by atoms with Crippen molar-refractivity contribution in [3.05, 3.63) is 70.7 Å². The van der Waals surface area contributed by atoms with E-state index in [1.165, 1.54) is 0 Å². The topological polar surface area (TPSA) is 40.5 Å². The second kappa shape index (κ2) is 6.09. The van der Waals surface area contributed by atoms with Crippen LogP contribution in [-0.4, -0.2) is 16.8 Å². The summed E-state index contributed by atoms with van der Waals surface area (Å²) in [5, 5.41) is 22.6. The second-order valence-electron chi connectivity index (χ2n) is 5.41. The van der Waals surface area contributed by atoms with E-state index in [4.69, 9.17) is 11.6 Å². The molecule has 0 bridgehead atoms. The number of halogens is 1. The molecule has 1 atom stereocenters. The zero-order valence-electron chi connectivity index (χ0n) is 12.3. The molecule has 0 aliphatic carbocycles. The summed E-state index contributed by atoms with van der Waals surface area (Å²) >= 11 is 5.99. The molecule has 0 amide bonds. The normalized spacial score (nSPS) is 12.5. The first kappa shape index (κ1) is 15.0. The molecule has 0 saturated heterocycles. The minimum Gasteiger partial charge on any atom is -0.393 e. The Balaban J connectivity index is 2.39. The molecule has 3 aromatic carbocycles. The lowest BCUT2D eigenvalue weighted by molar-refractivity contribution is 0.0956. The third-order valence-electron chi connectivity index (χ3n) is 3.94. The fourth-order valence-corrected chi connectivity index (χ4v) is 3.08. The number of rotatable bonds is 3. The highest BCUT2D eigenvalue weighted by atomic mass is 35.5. The molecule has 0 aromatic heterocycles. The van der Waals surface area contributed by atoms with Gasteiger partial charge in [-0.1, -0.05) is 54.1 Å². The number of benzene rings is 3. The van der Waals surface area contributed by atoms with Crippen LogP contribution in [0.4, 0.5) is 0 Å². The Labute approximate surface area is 134 Å². The second-order valence-corrected chi connectivity index (χ2v) is 5.84. The highest BCUT2D eigenvalue weighted by Crippen LogP contribution is 2.38. The zero-order chi connectivity index (χ0) is 15.7. The van der Waals surface area contributed by atoms with Crippen LogP contribution in [0.2, 0.25) is 5.02 Å². The van der Waals surface area contributed by atoms with Crippen molar-refractivity contribution in [2.75, 3.05) is 6.61 Å². The summed E-state index contributed by atoms with van der Waals surface area (Å²) in [6, 6.07) is 17.7. The third kappa shape index (κ3) is 2.61. The first-order chi connectivity index (χ1) is 10.6. The van der Waals surface area contributed by atoms with E-state index in [2.05, 4.69) is 6.07 Å². The zero-order valence-corrected chi connectivity index (χ0v) is 13.0. The summed E-state index contributed by atoms with van der Waals surface area (Å²) in [4.78, 5) is 0. The van der Waals surface area contributed by atoms with Crippen LogP contribution in [0.5, 0.6) is 0 Å². The Morgan fingerprint density at radius 1 is 1.05 bits per heavy atom. The molecule has 0 heterocycles. The molecule has 0 saturated carbocycles. The van der Waals surface area contributed by atoms with Crippen molar-refractivity contribution in [3.63, 3.8) is 0 Å². The number of aliphatic hydroxyl groups is 2.